The lowest BCUT2D eigenvalue weighted by Gasteiger charge is -2.22. The van der Waals surface area contributed by atoms with Crippen molar-refractivity contribution in [1.82, 2.24) is 9.78 Å². The largest absolute Gasteiger partial charge is 0.486 e. The van der Waals surface area contributed by atoms with E-state index in [0.717, 1.165) is 31.2 Å². The lowest BCUT2D eigenvalue weighted by Crippen LogP contribution is -2.21. The fourth-order valence-corrected chi connectivity index (χ4v) is 2.92. The maximum atomic E-state index is 13.0. The molecule has 23 heavy (non-hydrogen) atoms. The monoisotopic (exact) mass is 318 g/mol. The zero-order chi connectivity index (χ0) is 16.2. The van der Waals surface area contributed by atoms with Gasteiger partial charge < -0.3 is 9.84 Å². The van der Waals surface area contributed by atoms with Gasteiger partial charge in [-0.2, -0.15) is 5.10 Å². The molecule has 1 N–H and O–H groups in total. The molecule has 1 fully saturated rings. The second-order valence-electron chi connectivity index (χ2n) is 5.82. The van der Waals surface area contributed by atoms with E-state index in [1.165, 1.54) is 29.4 Å². The number of aromatic carboxylic acids is 1. The van der Waals surface area contributed by atoms with E-state index in [1.807, 2.05) is 0 Å². The number of hydrogen-bond donors (Lipinski definition) is 1. The molecular weight excluding hydrogens is 299 g/mol. The number of halogens is 1. The first-order valence-corrected chi connectivity index (χ1v) is 7.83. The lowest BCUT2D eigenvalue weighted by molar-refractivity contribution is 0.0672. The fraction of sp³-hybridized carbons (Fsp3) is 0.412. The van der Waals surface area contributed by atoms with Crippen molar-refractivity contribution < 1.29 is 19.0 Å². The summed E-state index contributed by atoms with van der Waals surface area (Å²) in [5.41, 5.74) is 0.820. The Morgan fingerprint density at radius 2 is 1.96 bits per heavy atom. The molecule has 0 spiro atoms. The van der Waals surface area contributed by atoms with Gasteiger partial charge in [-0.3, -0.25) is 4.68 Å². The summed E-state index contributed by atoms with van der Waals surface area (Å²) in [4.78, 5) is 11.6. The second kappa shape index (κ2) is 6.81. The van der Waals surface area contributed by atoms with Crippen LogP contribution in [-0.2, 0) is 6.54 Å². The second-order valence-corrected chi connectivity index (χ2v) is 5.82. The average molecular weight is 318 g/mol. The molecule has 0 saturated heterocycles. The van der Waals surface area contributed by atoms with Gasteiger partial charge in [-0.25, -0.2) is 9.18 Å². The van der Waals surface area contributed by atoms with Crippen molar-refractivity contribution in [2.24, 2.45) is 0 Å². The van der Waals surface area contributed by atoms with Crippen LogP contribution in [0.3, 0.4) is 0 Å². The van der Waals surface area contributed by atoms with Crippen molar-refractivity contribution >= 4 is 5.97 Å². The number of carbonyl (C=O) groups is 1. The van der Waals surface area contributed by atoms with Crippen molar-refractivity contribution in [3.05, 3.63) is 47.5 Å². The molecule has 0 unspecified atom stereocenters. The van der Waals surface area contributed by atoms with Crippen LogP contribution in [0.25, 0.3) is 0 Å². The number of rotatable bonds is 5. The number of nitrogens with zero attached hydrogens (tertiary/aromatic N) is 2. The third kappa shape index (κ3) is 3.70. The Morgan fingerprint density at radius 1 is 1.26 bits per heavy atom. The topological polar surface area (TPSA) is 64.3 Å². The van der Waals surface area contributed by atoms with Gasteiger partial charge in [-0.15, -0.1) is 0 Å². The Bertz CT molecular complexity index is 676. The van der Waals surface area contributed by atoms with Gasteiger partial charge in [-0.05, 0) is 43.4 Å². The smallest absolute Gasteiger partial charge is 0.358 e. The molecule has 122 valence electrons. The first kappa shape index (κ1) is 15.5. The van der Waals surface area contributed by atoms with E-state index in [4.69, 9.17) is 4.74 Å². The van der Waals surface area contributed by atoms with Crippen molar-refractivity contribution in [3.63, 3.8) is 0 Å². The average Bonchev–Trinajstić information content (AvgIpc) is 2.93. The van der Waals surface area contributed by atoms with Crippen molar-refractivity contribution in [3.8, 4) is 5.75 Å². The number of carboxylic acids is 1. The summed E-state index contributed by atoms with van der Waals surface area (Å²) in [5, 5.41) is 13.6. The predicted molar refractivity (Wildman–Crippen MR) is 82.2 cm³/mol. The van der Waals surface area contributed by atoms with E-state index in [9.17, 15) is 14.3 Å². The Labute approximate surface area is 133 Å². The fourth-order valence-electron chi connectivity index (χ4n) is 2.92. The Morgan fingerprint density at radius 3 is 2.61 bits per heavy atom. The number of carboxylic acid groups (broad SMARTS) is 1. The predicted octanol–water partition coefficient (Wildman–Crippen LogP) is 3.48. The van der Waals surface area contributed by atoms with E-state index in [1.54, 1.807) is 12.1 Å². The molecule has 1 aliphatic rings. The minimum Gasteiger partial charge on any atom is -0.486 e. The summed E-state index contributed by atoms with van der Waals surface area (Å²) in [6.07, 6.45) is 6.83. The summed E-state index contributed by atoms with van der Waals surface area (Å²) in [7, 11) is 0. The van der Waals surface area contributed by atoms with Gasteiger partial charge in [-0.1, -0.05) is 18.6 Å². The number of benzene rings is 1. The summed E-state index contributed by atoms with van der Waals surface area (Å²) < 4.78 is 20.2. The van der Waals surface area contributed by atoms with Crippen LogP contribution >= 0.6 is 0 Å². The molecule has 1 saturated carbocycles. The van der Waals surface area contributed by atoms with Crippen LogP contribution in [0.15, 0.2) is 30.5 Å². The molecule has 3 rings (SSSR count). The highest BCUT2D eigenvalue weighted by molar-refractivity contribution is 5.88. The van der Waals surface area contributed by atoms with E-state index < -0.39 is 5.97 Å². The minimum atomic E-state index is -1.07. The standard InChI is InChI=1S/C17H19FN2O3/c18-13-8-6-12(7-9-13)11-20-16(17(21)22)15(10-19-20)23-14-4-2-1-3-5-14/h6-10,14H,1-5,11H2,(H,21,22). The third-order valence-electron chi connectivity index (χ3n) is 4.10. The highest BCUT2D eigenvalue weighted by atomic mass is 19.1. The van der Waals surface area contributed by atoms with Crippen molar-refractivity contribution in [2.75, 3.05) is 0 Å². The number of ether oxygens (including phenoxy) is 1. The van der Waals surface area contributed by atoms with Crippen LogP contribution in [0.1, 0.15) is 48.2 Å². The SMILES string of the molecule is O=C(O)c1c(OC2CCCCC2)cnn1Cc1ccc(F)cc1. The summed E-state index contributed by atoms with van der Waals surface area (Å²) in [5.74, 6) is -1.09. The minimum absolute atomic E-state index is 0.0416. The number of aromatic nitrogens is 2. The van der Waals surface area contributed by atoms with Crippen LogP contribution in [0.5, 0.6) is 5.75 Å². The van der Waals surface area contributed by atoms with Gasteiger partial charge in [0.1, 0.15) is 5.82 Å². The van der Waals surface area contributed by atoms with E-state index in [0.29, 0.717) is 5.75 Å². The molecule has 0 bridgehead atoms. The van der Waals surface area contributed by atoms with Gasteiger partial charge >= 0.3 is 5.97 Å². The highest BCUT2D eigenvalue weighted by Crippen LogP contribution is 2.26. The molecule has 1 heterocycles. The Kier molecular flexibility index (Phi) is 4.60. The summed E-state index contributed by atoms with van der Waals surface area (Å²) >= 11 is 0. The molecule has 2 aromatic rings. The molecule has 1 aromatic carbocycles. The normalized spacial score (nSPS) is 15.5. The highest BCUT2D eigenvalue weighted by Gasteiger charge is 2.23. The van der Waals surface area contributed by atoms with Gasteiger partial charge in [0.25, 0.3) is 0 Å². The van der Waals surface area contributed by atoms with Gasteiger partial charge in [0.15, 0.2) is 11.4 Å². The van der Waals surface area contributed by atoms with Crippen molar-refractivity contribution in [1.29, 1.82) is 0 Å². The lowest BCUT2D eigenvalue weighted by atomic mass is 9.98. The van der Waals surface area contributed by atoms with Crippen LogP contribution in [-0.4, -0.2) is 27.0 Å². The number of hydrogen-bond acceptors (Lipinski definition) is 3. The maximum absolute atomic E-state index is 13.0. The van der Waals surface area contributed by atoms with E-state index >= 15 is 0 Å². The summed E-state index contributed by atoms with van der Waals surface area (Å²) in [6.45, 7) is 0.260. The molecule has 6 heteroatoms. The van der Waals surface area contributed by atoms with E-state index in [-0.39, 0.29) is 24.2 Å². The quantitative estimate of drug-likeness (QED) is 0.916. The molecule has 5 nitrogen and oxygen atoms in total. The first-order valence-electron chi connectivity index (χ1n) is 7.83. The summed E-state index contributed by atoms with van der Waals surface area (Å²) in [6, 6.07) is 5.92. The van der Waals surface area contributed by atoms with E-state index in [2.05, 4.69) is 5.10 Å². The van der Waals surface area contributed by atoms with Gasteiger partial charge in [0.2, 0.25) is 0 Å². The molecule has 1 aromatic heterocycles. The molecule has 0 radical (unpaired) electrons. The van der Waals surface area contributed by atoms with Crippen molar-refractivity contribution in [2.45, 2.75) is 44.8 Å². The van der Waals surface area contributed by atoms with Gasteiger partial charge in [0, 0.05) is 0 Å². The third-order valence-corrected chi connectivity index (χ3v) is 4.10. The van der Waals surface area contributed by atoms with Crippen LogP contribution in [0, 0.1) is 5.82 Å². The molecular formula is C17H19FN2O3. The first-order chi connectivity index (χ1) is 11.1. The molecule has 0 atom stereocenters. The molecule has 0 amide bonds. The van der Waals surface area contributed by atoms with Crippen LogP contribution < -0.4 is 4.74 Å². The van der Waals surface area contributed by atoms with Crippen LogP contribution in [0.4, 0.5) is 4.39 Å². The zero-order valence-electron chi connectivity index (χ0n) is 12.7. The van der Waals surface area contributed by atoms with Crippen LogP contribution in [0.2, 0.25) is 0 Å². The Balaban J connectivity index is 1.80. The van der Waals surface area contributed by atoms with Gasteiger partial charge in [0.05, 0.1) is 18.8 Å². The molecule has 0 aliphatic heterocycles. The Hall–Kier alpha value is -2.37. The molecule has 1 aliphatic carbocycles. The maximum Gasteiger partial charge on any atom is 0.358 e. The zero-order valence-corrected chi connectivity index (χ0v) is 12.7.